The Bertz CT molecular complexity index is 593. The summed E-state index contributed by atoms with van der Waals surface area (Å²) >= 11 is 5.59. The number of hydrogen-bond acceptors (Lipinski definition) is 4. The molecule has 0 saturated carbocycles. The summed E-state index contributed by atoms with van der Waals surface area (Å²) in [5, 5.41) is 2.69. The van der Waals surface area contributed by atoms with E-state index in [-0.39, 0.29) is 5.97 Å². The van der Waals surface area contributed by atoms with E-state index >= 15 is 0 Å². The van der Waals surface area contributed by atoms with E-state index in [2.05, 4.69) is 43.8 Å². The molecule has 0 bridgehead atoms. The van der Waals surface area contributed by atoms with Crippen LogP contribution in [0, 0.1) is 10.5 Å². The first-order valence-corrected chi connectivity index (χ1v) is 9.13. The lowest BCUT2D eigenvalue weighted by atomic mass is 10.2. The normalized spacial score (nSPS) is 11.3. The Balaban J connectivity index is 2.82. The summed E-state index contributed by atoms with van der Waals surface area (Å²) in [5.41, 5.74) is 0.855. The monoisotopic (exact) mass is 500 g/mol. The van der Waals surface area contributed by atoms with Crippen molar-refractivity contribution in [3.05, 3.63) is 19.4 Å². The molecule has 0 aliphatic heterocycles. The maximum Gasteiger partial charge on any atom is 0.407 e. The fourth-order valence-electron chi connectivity index (χ4n) is 1.93. The van der Waals surface area contributed by atoms with Crippen LogP contribution in [0.4, 0.5) is 4.79 Å². The van der Waals surface area contributed by atoms with Gasteiger partial charge in [0.05, 0.1) is 14.6 Å². The number of esters is 1. The first-order chi connectivity index (χ1) is 10.6. The number of rotatable bonds is 5. The summed E-state index contributed by atoms with van der Waals surface area (Å²) < 4.78 is 13.8. The second kappa shape index (κ2) is 8.36. The van der Waals surface area contributed by atoms with E-state index in [4.69, 9.17) is 9.47 Å². The van der Waals surface area contributed by atoms with Gasteiger partial charge in [0.1, 0.15) is 11.3 Å². The highest BCUT2D eigenvalue weighted by atomic mass is 127. The third-order valence-corrected chi connectivity index (χ3v) is 5.63. The summed E-state index contributed by atoms with van der Waals surface area (Å²) in [6, 6.07) is 0. The van der Waals surface area contributed by atoms with Gasteiger partial charge in [0.2, 0.25) is 0 Å². The lowest BCUT2D eigenvalue weighted by molar-refractivity contribution is 0.0512. The Labute approximate surface area is 158 Å². The Hall–Kier alpha value is -0.770. The Morgan fingerprint density at radius 3 is 2.48 bits per heavy atom. The van der Waals surface area contributed by atoms with Crippen LogP contribution in [-0.4, -0.2) is 35.4 Å². The van der Waals surface area contributed by atoms with Crippen molar-refractivity contribution in [2.24, 2.45) is 0 Å². The summed E-state index contributed by atoms with van der Waals surface area (Å²) in [7, 11) is 0. The summed E-state index contributed by atoms with van der Waals surface area (Å²) in [6.45, 7) is 10.2. The van der Waals surface area contributed by atoms with E-state index in [1.807, 2.05) is 11.5 Å². The number of alkyl carbamates (subject to hydrolysis) is 1. The topological polar surface area (TPSA) is 69.6 Å². The smallest absolute Gasteiger partial charge is 0.407 e. The largest absolute Gasteiger partial charge is 0.461 e. The molecule has 1 amide bonds. The van der Waals surface area contributed by atoms with Crippen LogP contribution in [-0.2, 0) is 16.0 Å². The van der Waals surface area contributed by atoms with Crippen LogP contribution in [0.15, 0.2) is 4.47 Å². The molecule has 0 saturated heterocycles. The molecule has 0 unspecified atom stereocenters. The first-order valence-electron chi connectivity index (χ1n) is 7.26. The van der Waals surface area contributed by atoms with E-state index in [0.29, 0.717) is 25.4 Å². The van der Waals surface area contributed by atoms with Crippen LogP contribution in [0.5, 0.6) is 0 Å². The molecule has 0 aromatic carbocycles. The molecule has 0 atom stereocenters. The number of nitrogens with one attached hydrogen (secondary N) is 1. The van der Waals surface area contributed by atoms with Crippen molar-refractivity contribution in [2.75, 3.05) is 13.2 Å². The van der Waals surface area contributed by atoms with E-state index in [1.165, 1.54) is 0 Å². The van der Waals surface area contributed by atoms with Crippen molar-refractivity contribution in [3.8, 4) is 0 Å². The van der Waals surface area contributed by atoms with Crippen molar-refractivity contribution in [1.29, 1.82) is 0 Å². The highest BCUT2D eigenvalue weighted by molar-refractivity contribution is 14.1. The van der Waals surface area contributed by atoms with Gasteiger partial charge in [-0.2, -0.15) is 0 Å². The maximum atomic E-state index is 12.2. The Kier molecular flexibility index (Phi) is 7.37. The maximum absolute atomic E-state index is 12.2. The van der Waals surface area contributed by atoms with E-state index < -0.39 is 11.7 Å². The number of carbonyl (C=O) groups is 2. The van der Waals surface area contributed by atoms with Crippen molar-refractivity contribution < 1.29 is 19.1 Å². The summed E-state index contributed by atoms with van der Waals surface area (Å²) in [4.78, 5) is 23.8. The van der Waals surface area contributed by atoms with Crippen LogP contribution in [0.1, 0.15) is 43.9 Å². The Morgan fingerprint density at radius 1 is 1.35 bits per heavy atom. The lowest BCUT2D eigenvalue weighted by Crippen LogP contribution is -2.34. The molecule has 8 heteroatoms. The number of hydrogen-bond donors (Lipinski definition) is 1. The Morgan fingerprint density at radius 2 is 1.96 bits per heavy atom. The third kappa shape index (κ3) is 5.66. The predicted octanol–water partition coefficient (Wildman–Crippen LogP) is 3.87. The molecule has 1 rings (SSSR count). The van der Waals surface area contributed by atoms with Gasteiger partial charge in [0.15, 0.2) is 0 Å². The molecule has 0 aliphatic carbocycles. The highest BCUT2D eigenvalue weighted by Gasteiger charge is 2.23. The van der Waals surface area contributed by atoms with Crippen molar-refractivity contribution in [3.63, 3.8) is 0 Å². The molecule has 1 aromatic rings. The van der Waals surface area contributed by atoms with Gasteiger partial charge in [-0.3, -0.25) is 0 Å². The van der Waals surface area contributed by atoms with Crippen molar-refractivity contribution >= 4 is 50.6 Å². The van der Waals surface area contributed by atoms with E-state index in [9.17, 15) is 9.59 Å². The van der Waals surface area contributed by atoms with Gasteiger partial charge in [0, 0.05) is 18.8 Å². The number of aromatic nitrogens is 1. The van der Waals surface area contributed by atoms with Gasteiger partial charge >= 0.3 is 12.1 Å². The van der Waals surface area contributed by atoms with Crippen LogP contribution >= 0.6 is 38.5 Å². The summed E-state index contributed by atoms with van der Waals surface area (Å²) in [6.07, 6.45) is -0.478. The second-order valence-corrected chi connectivity index (χ2v) is 7.73. The fourth-order valence-corrected chi connectivity index (χ4v) is 3.23. The first kappa shape index (κ1) is 20.3. The number of nitrogens with zero attached hydrogens (tertiary/aromatic N) is 1. The molecule has 1 aromatic heterocycles. The average Bonchev–Trinajstić information content (AvgIpc) is 2.62. The number of halogens is 2. The number of ether oxygens (including phenoxy) is 2. The van der Waals surface area contributed by atoms with E-state index in [1.54, 1.807) is 27.7 Å². The van der Waals surface area contributed by atoms with Crippen molar-refractivity contribution in [2.45, 2.75) is 46.8 Å². The fraction of sp³-hybridized carbons (Fsp3) is 0.600. The molecular formula is C15H22BrIN2O4. The molecule has 0 fully saturated rings. The van der Waals surface area contributed by atoms with Gasteiger partial charge in [-0.25, -0.2) is 9.59 Å². The number of amides is 1. The van der Waals surface area contributed by atoms with Crippen LogP contribution in [0.25, 0.3) is 0 Å². The van der Waals surface area contributed by atoms with Gasteiger partial charge in [-0.05, 0) is 73.1 Å². The minimum absolute atomic E-state index is 0.312. The second-order valence-electron chi connectivity index (χ2n) is 5.86. The zero-order chi connectivity index (χ0) is 17.8. The minimum Gasteiger partial charge on any atom is -0.461 e. The standard InChI is InChI=1S/C15H22BrIN2O4/c1-6-22-13(20)12-11(17)10(16)9(2)19(12)8-7-18-14(21)23-15(3,4)5/h6-8H2,1-5H3,(H,18,21). The zero-order valence-corrected chi connectivity index (χ0v) is 17.7. The van der Waals surface area contributed by atoms with Crippen LogP contribution < -0.4 is 5.32 Å². The molecule has 0 radical (unpaired) electrons. The van der Waals surface area contributed by atoms with Gasteiger partial charge < -0.3 is 19.4 Å². The quantitative estimate of drug-likeness (QED) is 0.492. The molecule has 0 aliphatic rings. The number of carbonyl (C=O) groups excluding carboxylic acids is 2. The average molecular weight is 501 g/mol. The third-order valence-electron chi connectivity index (χ3n) is 2.87. The molecule has 23 heavy (non-hydrogen) atoms. The molecule has 6 nitrogen and oxygen atoms in total. The molecule has 0 spiro atoms. The molecule has 130 valence electrons. The summed E-state index contributed by atoms with van der Waals surface area (Å²) in [5.74, 6) is -0.372. The zero-order valence-electron chi connectivity index (χ0n) is 14.0. The predicted molar refractivity (Wildman–Crippen MR) is 99.8 cm³/mol. The van der Waals surface area contributed by atoms with Crippen LogP contribution in [0.3, 0.4) is 0 Å². The van der Waals surface area contributed by atoms with Gasteiger partial charge in [-0.1, -0.05) is 0 Å². The SMILES string of the molecule is CCOC(=O)c1c(I)c(Br)c(C)n1CCNC(=O)OC(C)(C)C. The van der Waals surface area contributed by atoms with E-state index in [0.717, 1.165) is 13.7 Å². The highest BCUT2D eigenvalue weighted by Crippen LogP contribution is 2.30. The minimum atomic E-state index is -0.540. The lowest BCUT2D eigenvalue weighted by Gasteiger charge is -2.20. The molecule has 1 N–H and O–H groups in total. The molecular weight excluding hydrogens is 479 g/mol. The van der Waals surface area contributed by atoms with Crippen LogP contribution in [0.2, 0.25) is 0 Å². The van der Waals surface area contributed by atoms with Gasteiger partial charge in [0.25, 0.3) is 0 Å². The molecule has 1 heterocycles. The van der Waals surface area contributed by atoms with Gasteiger partial charge in [-0.15, -0.1) is 0 Å². The van der Waals surface area contributed by atoms with Crippen molar-refractivity contribution in [1.82, 2.24) is 9.88 Å².